The number of amides is 1. The van der Waals surface area contributed by atoms with Gasteiger partial charge in [-0.1, -0.05) is 17.7 Å². The standard InChI is InChI=1S/C15H13ClFN3O3S/c1-2-5-18-15-20-12(8-24-15)14(22)23-7-13(21)19-9-3-4-11(17)10(16)6-9/h2-4,6,8H,1,5,7H2,(H,18,20)(H,19,21). The molecular formula is C15H13ClFN3O3S. The Morgan fingerprint density at radius 2 is 2.25 bits per heavy atom. The Kier molecular flexibility index (Phi) is 6.28. The first-order valence-electron chi connectivity index (χ1n) is 6.72. The van der Waals surface area contributed by atoms with Crippen LogP contribution in [0.3, 0.4) is 0 Å². The van der Waals surface area contributed by atoms with Crippen molar-refractivity contribution in [1.82, 2.24) is 4.98 Å². The molecule has 0 bridgehead atoms. The Labute approximate surface area is 146 Å². The van der Waals surface area contributed by atoms with Crippen molar-refractivity contribution in [3.63, 3.8) is 0 Å². The minimum Gasteiger partial charge on any atom is -0.451 e. The molecule has 0 spiro atoms. The Morgan fingerprint density at radius 3 is 2.96 bits per heavy atom. The number of benzene rings is 1. The molecule has 126 valence electrons. The molecule has 2 rings (SSSR count). The monoisotopic (exact) mass is 369 g/mol. The topological polar surface area (TPSA) is 80.3 Å². The summed E-state index contributed by atoms with van der Waals surface area (Å²) in [5, 5.41) is 7.33. The molecule has 1 aromatic heterocycles. The van der Waals surface area contributed by atoms with E-state index in [0.717, 1.165) is 6.07 Å². The molecular weight excluding hydrogens is 357 g/mol. The molecule has 0 saturated heterocycles. The second-order valence-electron chi connectivity index (χ2n) is 4.46. The normalized spacial score (nSPS) is 10.1. The molecule has 0 radical (unpaired) electrons. The maximum absolute atomic E-state index is 13.0. The van der Waals surface area contributed by atoms with Crippen LogP contribution < -0.4 is 10.6 Å². The molecule has 6 nitrogen and oxygen atoms in total. The number of esters is 1. The van der Waals surface area contributed by atoms with Crippen molar-refractivity contribution in [2.75, 3.05) is 23.8 Å². The van der Waals surface area contributed by atoms with E-state index >= 15 is 0 Å². The van der Waals surface area contributed by atoms with Crippen molar-refractivity contribution in [3.8, 4) is 0 Å². The first-order chi connectivity index (χ1) is 11.5. The van der Waals surface area contributed by atoms with Crippen LogP contribution in [0.25, 0.3) is 0 Å². The lowest BCUT2D eigenvalue weighted by Crippen LogP contribution is -2.21. The third kappa shape index (κ3) is 5.04. The van der Waals surface area contributed by atoms with E-state index in [9.17, 15) is 14.0 Å². The average Bonchev–Trinajstić information content (AvgIpc) is 3.03. The van der Waals surface area contributed by atoms with E-state index in [4.69, 9.17) is 16.3 Å². The van der Waals surface area contributed by atoms with Crippen molar-refractivity contribution in [3.05, 3.63) is 52.8 Å². The zero-order valence-electron chi connectivity index (χ0n) is 12.3. The van der Waals surface area contributed by atoms with Crippen molar-refractivity contribution >= 4 is 45.6 Å². The number of ether oxygens (including phenoxy) is 1. The summed E-state index contributed by atoms with van der Waals surface area (Å²) in [6.45, 7) is 3.58. The van der Waals surface area contributed by atoms with Crippen LogP contribution in [-0.4, -0.2) is 30.0 Å². The van der Waals surface area contributed by atoms with E-state index in [1.807, 2.05) is 0 Å². The maximum Gasteiger partial charge on any atom is 0.358 e. The van der Waals surface area contributed by atoms with E-state index in [-0.39, 0.29) is 10.7 Å². The zero-order valence-corrected chi connectivity index (χ0v) is 13.9. The van der Waals surface area contributed by atoms with Crippen LogP contribution in [0.4, 0.5) is 15.2 Å². The number of nitrogens with one attached hydrogen (secondary N) is 2. The summed E-state index contributed by atoms with van der Waals surface area (Å²) in [7, 11) is 0. The van der Waals surface area contributed by atoms with Crippen molar-refractivity contribution in [2.45, 2.75) is 0 Å². The van der Waals surface area contributed by atoms with E-state index in [2.05, 4.69) is 22.2 Å². The number of hydrogen-bond donors (Lipinski definition) is 2. The third-order valence-electron chi connectivity index (χ3n) is 2.65. The molecule has 9 heteroatoms. The van der Waals surface area contributed by atoms with Gasteiger partial charge in [-0.3, -0.25) is 4.79 Å². The molecule has 1 heterocycles. The first-order valence-corrected chi connectivity index (χ1v) is 7.97. The molecule has 2 aromatic rings. The molecule has 0 aliphatic rings. The van der Waals surface area contributed by atoms with Gasteiger partial charge in [-0.2, -0.15) is 0 Å². The van der Waals surface area contributed by atoms with Crippen molar-refractivity contribution in [2.24, 2.45) is 0 Å². The lowest BCUT2D eigenvalue weighted by atomic mass is 10.3. The summed E-state index contributed by atoms with van der Waals surface area (Å²) in [5.74, 6) is -1.89. The number of halogens is 2. The second kappa shape index (κ2) is 8.42. The van der Waals surface area contributed by atoms with Gasteiger partial charge in [0.2, 0.25) is 0 Å². The van der Waals surface area contributed by atoms with Crippen molar-refractivity contribution < 1.29 is 18.7 Å². The molecule has 24 heavy (non-hydrogen) atoms. The predicted molar refractivity (Wildman–Crippen MR) is 91.1 cm³/mol. The van der Waals surface area contributed by atoms with Crippen LogP contribution in [-0.2, 0) is 9.53 Å². The van der Waals surface area contributed by atoms with E-state index < -0.39 is 24.3 Å². The van der Waals surface area contributed by atoms with Gasteiger partial charge in [0, 0.05) is 17.6 Å². The molecule has 0 fully saturated rings. The van der Waals surface area contributed by atoms with Crippen LogP contribution in [0.2, 0.25) is 5.02 Å². The number of aromatic nitrogens is 1. The number of carbonyl (C=O) groups excluding carboxylic acids is 2. The Balaban J connectivity index is 1.84. The zero-order chi connectivity index (χ0) is 17.5. The average molecular weight is 370 g/mol. The van der Waals surface area contributed by atoms with Gasteiger partial charge in [-0.05, 0) is 18.2 Å². The van der Waals surface area contributed by atoms with Gasteiger partial charge in [0.1, 0.15) is 5.82 Å². The van der Waals surface area contributed by atoms with E-state index in [1.165, 1.54) is 28.8 Å². The molecule has 2 N–H and O–H groups in total. The highest BCUT2D eigenvalue weighted by Crippen LogP contribution is 2.19. The van der Waals surface area contributed by atoms with Gasteiger partial charge in [0.25, 0.3) is 5.91 Å². The molecule has 0 atom stereocenters. The highest BCUT2D eigenvalue weighted by atomic mass is 35.5. The minimum atomic E-state index is -0.717. The van der Waals surface area contributed by atoms with Gasteiger partial charge in [0.15, 0.2) is 17.4 Å². The number of carbonyl (C=O) groups is 2. The van der Waals surface area contributed by atoms with Crippen LogP contribution in [0.15, 0.2) is 36.2 Å². The lowest BCUT2D eigenvalue weighted by molar-refractivity contribution is -0.119. The van der Waals surface area contributed by atoms with Gasteiger partial charge in [-0.25, -0.2) is 14.2 Å². The molecule has 0 unspecified atom stereocenters. The predicted octanol–water partition coefficient (Wildman–Crippen LogP) is 3.33. The third-order valence-corrected chi connectivity index (χ3v) is 3.74. The van der Waals surface area contributed by atoms with Crippen LogP contribution >= 0.6 is 22.9 Å². The summed E-state index contributed by atoms with van der Waals surface area (Å²) in [4.78, 5) is 27.6. The van der Waals surface area contributed by atoms with Gasteiger partial charge < -0.3 is 15.4 Å². The Bertz CT molecular complexity index is 766. The molecule has 0 aliphatic carbocycles. The van der Waals surface area contributed by atoms with Crippen LogP contribution in [0.1, 0.15) is 10.5 Å². The summed E-state index contributed by atoms with van der Waals surface area (Å²) in [6, 6.07) is 3.73. The number of anilines is 2. The fourth-order valence-electron chi connectivity index (χ4n) is 1.58. The Morgan fingerprint density at radius 1 is 1.46 bits per heavy atom. The maximum atomic E-state index is 13.0. The molecule has 1 amide bonds. The number of nitrogens with zero attached hydrogens (tertiary/aromatic N) is 1. The Hall–Kier alpha value is -2.45. The first kappa shape index (κ1) is 17.9. The van der Waals surface area contributed by atoms with Gasteiger partial charge in [-0.15, -0.1) is 17.9 Å². The molecule has 0 saturated carbocycles. The van der Waals surface area contributed by atoms with Crippen LogP contribution in [0.5, 0.6) is 0 Å². The van der Waals surface area contributed by atoms with Gasteiger partial charge in [0.05, 0.1) is 5.02 Å². The fourth-order valence-corrected chi connectivity index (χ4v) is 2.45. The number of thiazole rings is 1. The van der Waals surface area contributed by atoms with E-state index in [0.29, 0.717) is 17.4 Å². The largest absolute Gasteiger partial charge is 0.451 e. The van der Waals surface area contributed by atoms with E-state index in [1.54, 1.807) is 6.08 Å². The summed E-state index contributed by atoms with van der Waals surface area (Å²) in [5.41, 5.74) is 0.399. The highest BCUT2D eigenvalue weighted by molar-refractivity contribution is 7.13. The minimum absolute atomic E-state index is 0.101. The van der Waals surface area contributed by atoms with Crippen molar-refractivity contribution in [1.29, 1.82) is 0 Å². The lowest BCUT2D eigenvalue weighted by Gasteiger charge is -2.06. The summed E-state index contributed by atoms with van der Waals surface area (Å²) < 4.78 is 17.9. The van der Waals surface area contributed by atoms with Gasteiger partial charge >= 0.3 is 5.97 Å². The molecule has 1 aromatic carbocycles. The highest BCUT2D eigenvalue weighted by Gasteiger charge is 2.14. The number of rotatable bonds is 7. The summed E-state index contributed by atoms with van der Waals surface area (Å²) >= 11 is 6.85. The number of hydrogen-bond acceptors (Lipinski definition) is 6. The quantitative estimate of drug-likeness (QED) is 0.578. The SMILES string of the molecule is C=CCNc1nc(C(=O)OCC(=O)Nc2ccc(F)c(Cl)c2)cs1. The second-order valence-corrected chi connectivity index (χ2v) is 5.73. The fraction of sp³-hybridized carbons (Fsp3) is 0.133. The van der Waals surface area contributed by atoms with Crippen LogP contribution in [0, 0.1) is 5.82 Å². The molecule has 0 aliphatic heterocycles. The smallest absolute Gasteiger partial charge is 0.358 e. The summed E-state index contributed by atoms with van der Waals surface area (Å²) in [6.07, 6.45) is 1.66.